The fraction of sp³-hybridized carbons (Fsp3) is 0.696. The van der Waals surface area contributed by atoms with Crippen LogP contribution in [0, 0.1) is 5.92 Å². The van der Waals surface area contributed by atoms with E-state index in [9.17, 15) is 4.79 Å². The van der Waals surface area contributed by atoms with Crippen LogP contribution >= 0.6 is 0 Å². The molecule has 11 heteroatoms. The zero-order chi connectivity index (χ0) is 25.7. The molecule has 0 unspecified atom stereocenters. The molecular weight excluding hydrogens is 442 g/mol. The van der Waals surface area contributed by atoms with E-state index in [-0.39, 0.29) is 24.0 Å². The number of nitrogens with two attached hydrogens (primary N) is 1. The average molecular weight is 482 g/mol. The molecule has 1 aromatic rings. The fourth-order valence-electron chi connectivity index (χ4n) is 3.75. The summed E-state index contributed by atoms with van der Waals surface area (Å²) in [6.45, 7) is 7.23. The van der Waals surface area contributed by atoms with Crippen LogP contribution in [0.15, 0.2) is 6.20 Å². The molecule has 2 heterocycles. The Kier molecular flexibility index (Phi) is 13.2. The first kappa shape index (κ1) is 29.4. The Hall–Kier alpha value is -2.63. The minimum atomic E-state index is -0.833. The van der Waals surface area contributed by atoms with E-state index < -0.39 is 11.9 Å². The highest BCUT2D eigenvalue weighted by Gasteiger charge is 2.32. The number of ether oxygens (including phenoxy) is 1. The van der Waals surface area contributed by atoms with Crippen molar-refractivity contribution in [2.24, 2.45) is 11.7 Å². The Morgan fingerprint density at radius 3 is 2.50 bits per heavy atom. The van der Waals surface area contributed by atoms with Gasteiger partial charge in [-0.2, -0.15) is 0 Å². The normalized spacial score (nSPS) is 21.6. The second-order valence-electron chi connectivity index (χ2n) is 8.58. The maximum Gasteiger partial charge on any atom is 0.300 e. The van der Waals surface area contributed by atoms with Crippen LogP contribution in [-0.4, -0.2) is 75.3 Å². The summed E-state index contributed by atoms with van der Waals surface area (Å²) in [5.41, 5.74) is 8.44. The molecule has 5 N–H and O–H groups in total. The van der Waals surface area contributed by atoms with Gasteiger partial charge in [0.05, 0.1) is 12.6 Å². The minimum Gasteiger partial charge on any atom is -0.481 e. The first-order valence-electron chi connectivity index (χ1n) is 11.6. The second-order valence-corrected chi connectivity index (χ2v) is 8.58. The van der Waals surface area contributed by atoms with Crippen molar-refractivity contribution in [3.05, 3.63) is 23.3 Å². The Bertz CT molecular complexity index is 786. The molecule has 1 aromatic heterocycles. The molecular formula is C23H39N5O6. The Morgan fingerprint density at radius 1 is 1.24 bits per heavy atom. The number of carboxylic acids is 2. The van der Waals surface area contributed by atoms with Gasteiger partial charge in [-0.1, -0.05) is 6.92 Å². The average Bonchev–Trinajstić information content (AvgIpc) is 2.76. The summed E-state index contributed by atoms with van der Waals surface area (Å²) < 4.78 is 5.82. The van der Waals surface area contributed by atoms with E-state index in [0.29, 0.717) is 25.4 Å². The predicted molar refractivity (Wildman–Crippen MR) is 126 cm³/mol. The van der Waals surface area contributed by atoms with Gasteiger partial charge in [-0.3, -0.25) is 14.4 Å². The summed E-state index contributed by atoms with van der Waals surface area (Å²) in [6.07, 6.45) is 6.12. The molecule has 0 spiro atoms. The van der Waals surface area contributed by atoms with Crippen LogP contribution in [0.4, 0.5) is 0 Å². The Morgan fingerprint density at radius 2 is 1.88 bits per heavy atom. The molecule has 3 rings (SSSR count). The van der Waals surface area contributed by atoms with E-state index in [1.54, 1.807) is 0 Å². The van der Waals surface area contributed by atoms with Crippen molar-refractivity contribution in [3.8, 4) is 0 Å². The maximum absolute atomic E-state index is 12.6. The maximum atomic E-state index is 12.6. The van der Waals surface area contributed by atoms with Gasteiger partial charge in [-0.25, -0.2) is 9.97 Å². The molecule has 3 atom stereocenters. The van der Waals surface area contributed by atoms with E-state index in [0.717, 1.165) is 58.3 Å². The third kappa shape index (κ3) is 11.5. The summed E-state index contributed by atoms with van der Waals surface area (Å²) in [5, 5.41) is 17.8. The highest BCUT2D eigenvalue weighted by molar-refractivity contribution is 5.78. The number of carboxylic acid groups (broad SMARTS) is 2. The minimum absolute atomic E-state index is 0.0172. The third-order valence-electron chi connectivity index (χ3n) is 5.35. The number of likely N-dealkylation sites (N-methyl/N-ethyl adjacent to an activating group) is 1. The third-order valence-corrected chi connectivity index (χ3v) is 5.35. The summed E-state index contributed by atoms with van der Waals surface area (Å²) in [4.78, 5) is 41.9. The molecule has 0 aromatic carbocycles. The van der Waals surface area contributed by atoms with Crippen LogP contribution in [0.5, 0.6) is 0 Å². The molecule has 0 radical (unpaired) electrons. The molecule has 0 saturated heterocycles. The van der Waals surface area contributed by atoms with E-state index in [2.05, 4.69) is 34.2 Å². The molecule has 1 aliphatic heterocycles. The van der Waals surface area contributed by atoms with E-state index in [1.807, 2.05) is 6.20 Å². The molecule has 0 bridgehead atoms. The smallest absolute Gasteiger partial charge is 0.300 e. The van der Waals surface area contributed by atoms with Gasteiger partial charge in [-0.05, 0) is 32.7 Å². The first-order valence-corrected chi connectivity index (χ1v) is 11.6. The summed E-state index contributed by atoms with van der Waals surface area (Å²) in [5.74, 6) is -0.959. The lowest BCUT2D eigenvalue weighted by Crippen LogP contribution is -2.45. The van der Waals surface area contributed by atoms with E-state index in [4.69, 9.17) is 30.3 Å². The highest BCUT2D eigenvalue weighted by atomic mass is 16.5. The molecule has 2 aliphatic rings. The lowest BCUT2D eigenvalue weighted by atomic mass is 9.83. The lowest BCUT2D eigenvalue weighted by molar-refractivity contribution is -0.135. The van der Waals surface area contributed by atoms with Crippen LogP contribution in [0.1, 0.15) is 63.5 Å². The number of amides is 1. The van der Waals surface area contributed by atoms with Crippen molar-refractivity contribution in [2.75, 3.05) is 20.2 Å². The van der Waals surface area contributed by atoms with Crippen LogP contribution in [0.25, 0.3) is 0 Å². The largest absolute Gasteiger partial charge is 0.481 e. The number of carbonyl (C=O) groups is 3. The van der Waals surface area contributed by atoms with Crippen LogP contribution in [0.3, 0.4) is 0 Å². The number of hydrogen-bond acceptors (Lipinski definition) is 8. The number of aliphatic carboxylic acids is 2. The van der Waals surface area contributed by atoms with Crippen molar-refractivity contribution in [1.82, 2.24) is 20.2 Å². The highest BCUT2D eigenvalue weighted by Crippen LogP contribution is 2.26. The number of rotatable bonds is 6. The van der Waals surface area contributed by atoms with Gasteiger partial charge in [0.1, 0.15) is 5.82 Å². The monoisotopic (exact) mass is 481 g/mol. The SMILES string of the molecule is CC(=O)O.CC(=O)O.CCCO[C@@H]1C[C@@H](C(=O)NCc2ncc3c(n2)CCN(C)C3)CC[C@H]1N. The van der Waals surface area contributed by atoms with Gasteiger partial charge >= 0.3 is 0 Å². The number of nitrogens with zero attached hydrogens (tertiary/aromatic N) is 3. The van der Waals surface area contributed by atoms with Crippen molar-refractivity contribution in [3.63, 3.8) is 0 Å². The summed E-state index contributed by atoms with van der Waals surface area (Å²) in [7, 11) is 2.10. The Labute approximate surface area is 201 Å². The molecule has 1 aliphatic carbocycles. The van der Waals surface area contributed by atoms with Crippen molar-refractivity contribution in [2.45, 2.75) is 78.1 Å². The molecule has 1 saturated carbocycles. The number of fused-ring (bicyclic) bond motifs is 1. The first-order chi connectivity index (χ1) is 16.0. The molecule has 192 valence electrons. The molecule has 1 amide bonds. The topological polar surface area (TPSA) is 168 Å². The van der Waals surface area contributed by atoms with Gasteiger partial charge in [0, 0.05) is 69.4 Å². The van der Waals surface area contributed by atoms with Crippen LogP contribution < -0.4 is 11.1 Å². The van der Waals surface area contributed by atoms with Gasteiger partial charge < -0.3 is 30.9 Å². The van der Waals surface area contributed by atoms with Gasteiger partial charge in [0.15, 0.2) is 0 Å². The fourth-order valence-corrected chi connectivity index (χ4v) is 3.75. The summed E-state index contributed by atoms with van der Waals surface area (Å²) in [6, 6.07) is 0.0349. The second kappa shape index (κ2) is 15.3. The van der Waals surface area contributed by atoms with Crippen molar-refractivity contribution < 1.29 is 29.3 Å². The number of hydrogen-bond donors (Lipinski definition) is 4. The molecule has 1 fully saturated rings. The predicted octanol–water partition coefficient (Wildman–Crippen LogP) is 1.19. The van der Waals surface area contributed by atoms with Gasteiger partial charge in [0.25, 0.3) is 11.9 Å². The molecule has 34 heavy (non-hydrogen) atoms. The molecule has 11 nitrogen and oxygen atoms in total. The Balaban J connectivity index is 0.000000629. The zero-order valence-electron chi connectivity index (χ0n) is 20.6. The van der Waals surface area contributed by atoms with Gasteiger partial charge in [-0.15, -0.1) is 0 Å². The van der Waals surface area contributed by atoms with Gasteiger partial charge in [0.2, 0.25) is 5.91 Å². The van der Waals surface area contributed by atoms with Crippen LogP contribution in [-0.2, 0) is 38.6 Å². The summed E-state index contributed by atoms with van der Waals surface area (Å²) >= 11 is 0. The zero-order valence-corrected chi connectivity index (χ0v) is 20.6. The number of nitrogens with one attached hydrogen (secondary N) is 1. The number of carbonyl (C=O) groups excluding carboxylic acids is 1. The van der Waals surface area contributed by atoms with Crippen molar-refractivity contribution in [1.29, 1.82) is 0 Å². The van der Waals surface area contributed by atoms with E-state index in [1.165, 1.54) is 5.56 Å². The van der Waals surface area contributed by atoms with Crippen molar-refractivity contribution >= 4 is 17.8 Å². The quantitative estimate of drug-likeness (QED) is 0.463. The van der Waals surface area contributed by atoms with E-state index >= 15 is 0 Å². The standard InChI is InChI=1S/C19H31N5O2.2C2H4O2/c1-3-8-26-17-9-13(4-5-15(17)20)19(25)22-11-18-21-10-14-12-24(2)7-6-16(14)23-18;2*1-2(3)4/h10,13,15,17H,3-9,11-12,20H2,1-2H3,(H,22,25);2*1H3,(H,3,4)/t13-,15+,17+;;/m0../s1. The number of aromatic nitrogens is 2. The van der Waals surface area contributed by atoms with Crippen LogP contribution in [0.2, 0.25) is 0 Å². The lowest BCUT2D eigenvalue weighted by Gasteiger charge is -2.33.